The fraction of sp³-hybridized carbons (Fsp3) is 0.724. The van der Waals surface area contributed by atoms with Crippen LogP contribution >= 0.6 is 0 Å². The van der Waals surface area contributed by atoms with Gasteiger partial charge in [0, 0.05) is 0 Å². The van der Waals surface area contributed by atoms with E-state index in [4.69, 9.17) is 0 Å². The molecule has 0 unspecified atom stereocenters. The first-order valence-corrected chi connectivity index (χ1v) is 13.5. The zero-order chi connectivity index (χ0) is 24.6. The molecule has 0 N–H and O–H groups in total. The number of alkyl halides is 3. The van der Waals surface area contributed by atoms with Gasteiger partial charge in [-0.05, 0) is 99.2 Å². The van der Waals surface area contributed by atoms with E-state index in [1.807, 2.05) is 0 Å². The second kappa shape index (κ2) is 13.1. The lowest BCUT2D eigenvalue weighted by Crippen LogP contribution is -2.26. The van der Waals surface area contributed by atoms with Crippen LogP contribution in [0.4, 0.5) is 22.0 Å². The summed E-state index contributed by atoms with van der Waals surface area (Å²) < 4.78 is 65.9. The molecule has 0 saturated heterocycles. The van der Waals surface area contributed by atoms with Crippen LogP contribution in [0.15, 0.2) is 24.3 Å². The van der Waals surface area contributed by atoms with Crippen LogP contribution in [-0.2, 0) is 12.6 Å². The number of halogens is 5. The fourth-order valence-corrected chi connectivity index (χ4v) is 6.23. The Morgan fingerprint density at radius 2 is 1.26 bits per heavy atom. The molecule has 1 aromatic carbocycles. The summed E-state index contributed by atoms with van der Waals surface area (Å²) in [4.78, 5) is 0. The topological polar surface area (TPSA) is 0 Å². The minimum atomic E-state index is -5.00. The van der Waals surface area contributed by atoms with Crippen molar-refractivity contribution >= 4 is 0 Å². The van der Waals surface area contributed by atoms with Gasteiger partial charge < -0.3 is 0 Å². The maximum atomic E-state index is 13.8. The van der Waals surface area contributed by atoms with E-state index in [2.05, 4.69) is 19.1 Å². The van der Waals surface area contributed by atoms with E-state index in [0.29, 0.717) is 17.9 Å². The number of rotatable bonds is 10. The van der Waals surface area contributed by atoms with Gasteiger partial charge in [0.25, 0.3) is 0 Å². The minimum Gasteiger partial charge on any atom is -0.206 e. The molecule has 0 nitrogen and oxygen atoms in total. The van der Waals surface area contributed by atoms with Gasteiger partial charge in [-0.1, -0.05) is 57.6 Å². The van der Waals surface area contributed by atoms with Crippen molar-refractivity contribution in [2.75, 3.05) is 0 Å². The molecular formula is C29H41F5. The zero-order valence-electron chi connectivity index (χ0n) is 20.6. The summed E-state index contributed by atoms with van der Waals surface area (Å²) in [7, 11) is 0. The maximum Gasteiger partial charge on any atom is 0.422 e. The molecule has 0 aliphatic heterocycles. The number of aryl methyl sites for hydroxylation is 1. The van der Waals surface area contributed by atoms with Crippen molar-refractivity contribution in [3.63, 3.8) is 0 Å². The molecule has 2 saturated carbocycles. The molecule has 0 radical (unpaired) electrons. The van der Waals surface area contributed by atoms with E-state index in [0.717, 1.165) is 49.1 Å². The number of benzene rings is 1. The summed E-state index contributed by atoms with van der Waals surface area (Å²) in [6.07, 6.45) is 17.3. The van der Waals surface area contributed by atoms with Gasteiger partial charge in [0.2, 0.25) is 0 Å². The van der Waals surface area contributed by atoms with Crippen molar-refractivity contribution in [1.29, 1.82) is 0 Å². The summed E-state index contributed by atoms with van der Waals surface area (Å²) in [5, 5.41) is 0. The Morgan fingerprint density at radius 3 is 1.76 bits per heavy atom. The highest BCUT2D eigenvalue weighted by Crippen LogP contribution is 2.43. The van der Waals surface area contributed by atoms with Gasteiger partial charge in [-0.2, -0.15) is 13.2 Å². The summed E-state index contributed by atoms with van der Waals surface area (Å²) in [5.41, 5.74) is -1.46. The van der Waals surface area contributed by atoms with E-state index >= 15 is 0 Å². The van der Waals surface area contributed by atoms with Gasteiger partial charge in [0.1, 0.15) is 17.2 Å². The van der Waals surface area contributed by atoms with Crippen LogP contribution in [0, 0.1) is 35.3 Å². The quantitative estimate of drug-likeness (QED) is 0.176. The molecule has 192 valence electrons. The number of allylic oxidation sites excluding steroid dienone is 2. The highest BCUT2D eigenvalue weighted by Gasteiger charge is 2.38. The SMILES string of the molecule is CCCC=CCCCC1CCC(C2CCC(CCc3cc(F)c(C(F)(F)F)c(F)c3)CC2)CC1. The standard InChI is InChI=1S/C29H41F5/c1-2-3-4-5-6-7-8-21-11-15-24(16-12-21)25-17-13-22(14-18-25)9-10-23-19-26(30)28(27(31)20-23)29(32,33)34/h4-5,19-22,24-25H,2-3,6-18H2,1H3. The fourth-order valence-electron chi connectivity index (χ4n) is 6.23. The van der Waals surface area contributed by atoms with Crippen LogP contribution in [0.25, 0.3) is 0 Å². The lowest BCUT2D eigenvalue weighted by molar-refractivity contribution is -0.142. The Morgan fingerprint density at radius 1 is 0.765 bits per heavy atom. The van der Waals surface area contributed by atoms with E-state index in [1.54, 1.807) is 0 Å². The Balaban J connectivity index is 1.35. The third-order valence-corrected chi connectivity index (χ3v) is 8.28. The van der Waals surface area contributed by atoms with Crippen molar-refractivity contribution < 1.29 is 22.0 Å². The molecule has 3 rings (SSSR count). The third kappa shape index (κ3) is 8.09. The first-order chi connectivity index (χ1) is 16.3. The average molecular weight is 485 g/mol. The molecule has 0 bridgehead atoms. The van der Waals surface area contributed by atoms with Crippen molar-refractivity contribution in [1.82, 2.24) is 0 Å². The van der Waals surface area contributed by atoms with Crippen LogP contribution in [0.1, 0.15) is 108 Å². The van der Waals surface area contributed by atoms with E-state index in [1.165, 1.54) is 70.6 Å². The predicted octanol–water partition coefficient (Wildman–Crippen LogP) is 10.1. The highest BCUT2D eigenvalue weighted by atomic mass is 19.4. The Labute approximate surface area is 202 Å². The second-order valence-corrected chi connectivity index (χ2v) is 10.7. The van der Waals surface area contributed by atoms with Gasteiger partial charge in [-0.25, -0.2) is 8.78 Å². The molecule has 1 aromatic rings. The Hall–Kier alpha value is -1.39. The largest absolute Gasteiger partial charge is 0.422 e. The van der Waals surface area contributed by atoms with Crippen LogP contribution < -0.4 is 0 Å². The van der Waals surface area contributed by atoms with E-state index in [-0.39, 0.29) is 0 Å². The van der Waals surface area contributed by atoms with Gasteiger partial charge in [-0.15, -0.1) is 0 Å². The molecule has 2 aliphatic carbocycles. The second-order valence-electron chi connectivity index (χ2n) is 10.7. The number of hydrogen-bond acceptors (Lipinski definition) is 0. The summed E-state index contributed by atoms with van der Waals surface area (Å²) in [6, 6.07) is 1.72. The molecule has 0 amide bonds. The van der Waals surface area contributed by atoms with Gasteiger partial charge in [-0.3, -0.25) is 0 Å². The molecule has 0 heterocycles. The van der Waals surface area contributed by atoms with Crippen LogP contribution in [0.3, 0.4) is 0 Å². The number of hydrogen-bond donors (Lipinski definition) is 0. The maximum absolute atomic E-state index is 13.8. The average Bonchev–Trinajstić information content (AvgIpc) is 2.79. The highest BCUT2D eigenvalue weighted by molar-refractivity contribution is 5.28. The van der Waals surface area contributed by atoms with Crippen LogP contribution in [-0.4, -0.2) is 0 Å². The first kappa shape index (κ1) is 27.2. The first-order valence-electron chi connectivity index (χ1n) is 13.5. The summed E-state index contributed by atoms with van der Waals surface area (Å²) in [5.74, 6) is 0.0397. The van der Waals surface area contributed by atoms with E-state index < -0.39 is 23.4 Å². The summed E-state index contributed by atoms with van der Waals surface area (Å²) >= 11 is 0. The van der Waals surface area contributed by atoms with Crippen molar-refractivity contribution in [2.24, 2.45) is 23.7 Å². The van der Waals surface area contributed by atoms with Crippen LogP contribution in [0.2, 0.25) is 0 Å². The lowest BCUT2D eigenvalue weighted by Gasteiger charge is -2.38. The van der Waals surface area contributed by atoms with Crippen molar-refractivity contribution in [2.45, 2.75) is 109 Å². The molecule has 0 aromatic heterocycles. The number of unbranched alkanes of at least 4 members (excludes halogenated alkanes) is 2. The minimum absolute atomic E-state index is 0.323. The molecule has 0 spiro atoms. The Bertz CT molecular complexity index is 742. The van der Waals surface area contributed by atoms with Gasteiger partial charge in [0.15, 0.2) is 0 Å². The molecule has 2 aliphatic rings. The predicted molar refractivity (Wildman–Crippen MR) is 128 cm³/mol. The van der Waals surface area contributed by atoms with Gasteiger partial charge >= 0.3 is 6.18 Å². The smallest absolute Gasteiger partial charge is 0.206 e. The van der Waals surface area contributed by atoms with Crippen molar-refractivity contribution in [3.05, 3.63) is 47.0 Å². The van der Waals surface area contributed by atoms with E-state index in [9.17, 15) is 22.0 Å². The molecule has 34 heavy (non-hydrogen) atoms. The third-order valence-electron chi connectivity index (χ3n) is 8.28. The zero-order valence-corrected chi connectivity index (χ0v) is 20.6. The lowest BCUT2D eigenvalue weighted by atomic mass is 9.68. The van der Waals surface area contributed by atoms with Crippen molar-refractivity contribution in [3.8, 4) is 0 Å². The molecule has 0 atom stereocenters. The monoisotopic (exact) mass is 484 g/mol. The molecule has 5 heteroatoms. The Kier molecular flexibility index (Phi) is 10.5. The normalized spacial score (nSPS) is 26.3. The molecular weight excluding hydrogens is 443 g/mol. The van der Waals surface area contributed by atoms with Crippen LogP contribution in [0.5, 0.6) is 0 Å². The van der Waals surface area contributed by atoms with Gasteiger partial charge in [0.05, 0.1) is 0 Å². The summed E-state index contributed by atoms with van der Waals surface area (Å²) in [6.45, 7) is 2.21. The molecule has 2 fully saturated rings.